The average Bonchev–Trinajstić information content (AvgIpc) is 2.92. The monoisotopic (exact) mass is 263 g/mol. The van der Waals surface area contributed by atoms with Crippen LogP contribution in [0, 0.1) is 6.92 Å². The van der Waals surface area contributed by atoms with E-state index >= 15 is 0 Å². The molecule has 0 saturated carbocycles. The summed E-state index contributed by atoms with van der Waals surface area (Å²) in [5.41, 5.74) is 1.85. The zero-order valence-corrected chi connectivity index (χ0v) is 12.4. The molecule has 3 nitrogen and oxygen atoms in total. The summed E-state index contributed by atoms with van der Waals surface area (Å²) in [6.07, 6.45) is 1.99. The molecule has 1 fully saturated rings. The third-order valence-corrected chi connectivity index (χ3v) is 4.36. The normalized spacial score (nSPS) is 18.6. The number of likely N-dealkylation sites (tertiary alicyclic amines) is 1. The van der Waals surface area contributed by atoms with Crippen LogP contribution in [0.2, 0.25) is 0 Å². The van der Waals surface area contributed by atoms with Gasteiger partial charge in [0.2, 0.25) is 0 Å². The van der Waals surface area contributed by atoms with Gasteiger partial charge in [-0.25, -0.2) is 0 Å². The van der Waals surface area contributed by atoms with Gasteiger partial charge in [-0.2, -0.15) is 0 Å². The van der Waals surface area contributed by atoms with Crippen LogP contribution >= 0.6 is 0 Å². The van der Waals surface area contributed by atoms with E-state index in [2.05, 4.69) is 18.7 Å². The quantitative estimate of drug-likeness (QED) is 0.906. The van der Waals surface area contributed by atoms with Crippen molar-refractivity contribution in [1.29, 1.82) is 0 Å². The molecule has 1 aromatic rings. The topological polar surface area (TPSA) is 32.7 Å². The standard InChI is InChI=1S/C16H25NO2/c1-12-11-13(19-4)7-8-14(12)15(18)16(2,3)17-9-5-6-10-17/h7-8,11,15,18H,5-6,9-10H2,1-4H3. The minimum absolute atomic E-state index is 0.226. The number of rotatable bonds is 4. The molecule has 19 heavy (non-hydrogen) atoms. The van der Waals surface area contributed by atoms with Crippen LogP contribution in [0.3, 0.4) is 0 Å². The Morgan fingerprint density at radius 3 is 2.42 bits per heavy atom. The van der Waals surface area contributed by atoms with Gasteiger partial charge in [-0.1, -0.05) is 6.07 Å². The molecule has 0 amide bonds. The maximum Gasteiger partial charge on any atom is 0.119 e. The fraction of sp³-hybridized carbons (Fsp3) is 0.625. The Hall–Kier alpha value is -1.06. The van der Waals surface area contributed by atoms with Crippen molar-refractivity contribution in [2.75, 3.05) is 20.2 Å². The lowest BCUT2D eigenvalue weighted by Crippen LogP contribution is -2.47. The van der Waals surface area contributed by atoms with Gasteiger partial charge < -0.3 is 9.84 Å². The van der Waals surface area contributed by atoms with E-state index in [-0.39, 0.29) is 5.54 Å². The molecule has 1 N–H and O–H groups in total. The second-order valence-electron chi connectivity index (χ2n) is 5.97. The molecule has 1 atom stereocenters. The van der Waals surface area contributed by atoms with Crippen LogP contribution in [0.5, 0.6) is 5.75 Å². The van der Waals surface area contributed by atoms with E-state index in [0.717, 1.165) is 30.0 Å². The van der Waals surface area contributed by atoms with Gasteiger partial charge in [-0.05, 0) is 70.0 Å². The van der Waals surface area contributed by atoms with E-state index < -0.39 is 6.10 Å². The van der Waals surface area contributed by atoms with Crippen LogP contribution in [0.4, 0.5) is 0 Å². The second-order valence-corrected chi connectivity index (χ2v) is 5.97. The first-order valence-electron chi connectivity index (χ1n) is 7.04. The number of nitrogens with zero attached hydrogens (tertiary/aromatic N) is 1. The highest BCUT2D eigenvalue weighted by atomic mass is 16.5. The molecule has 1 saturated heterocycles. The highest BCUT2D eigenvalue weighted by Gasteiger charge is 2.37. The lowest BCUT2D eigenvalue weighted by molar-refractivity contribution is 0.000949. The average molecular weight is 263 g/mol. The fourth-order valence-electron chi connectivity index (χ4n) is 2.93. The van der Waals surface area contributed by atoms with Crippen LogP contribution < -0.4 is 4.74 Å². The second kappa shape index (κ2) is 5.51. The molecular formula is C16H25NO2. The van der Waals surface area contributed by atoms with E-state index in [9.17, 15) is 5.11 Å². The summed E-state index contributed by atoms with van der Waals surface area (Å²) in [4.78, 5) is 2.39. The minimum atomic E-state index is -0.475. The molecule has 0 bridgehead atoms. The van der Waals surface area contributed by atoms with Crippen molar-refractivity contribution >= 4 is 0 Å². The molecule has 0 aliphatic carbocycles. The summed E-state index contributed by atoms with van der Waals surface area (Å²) in [6, 6.07) is 5.89. The number of hydrogen-bond acceptors (Lipinski definition) is 3. The summed E-state index contributed by atoms with van der Waals surface area (Å²) < 4.78 is 5.22. The van der Waals surface area contributed by atoms with Crippen molar-refractivity contribution in [3.63, 3.8) is 0 Å². The molecular weight excluding hydrogens is 238 g/mol. The summed E-state index contributed by atoms with van der Waals surface area (Å²) in [5.74, 6) is 0.840. The van der Waals surface area contributed by atoms with Crippen molar-refractivity contribution < 1.29 is 9.84 Å². The number of aliphatic hydroxyl groups is 1. The number of aryl methyl sites for hydroxylation is 1. The van der Waals surface area contributed by atoms with E-state index in [4.69, 9.17) is 4.74 Å². The van der Waals surface area contributed by atoms with Crippen molar-refractivity contribution in [3.05, 3.63) is 29.3 Å². The first-order chi connectivity index (χ1) is 8.96. The lowest BCUT2D eigenvalue weighted by atomic mass is 9.87. The number of hydrogen-bond donors (Lipinski definition) is 1. The Morgan fingerprint density at radius 2 is 1.89 bits per heavy atom. The Balaban J connectivity index is 2.25. The first kappa shape index (κ1) is 14.4. The third-order valence-electron chi connectivity index (χ3n) is 4.36. The van der Waals surface area contributed by atoms with Crippen LogP contribution in [0.1, 0.15) is 43.9 Å². The van der Waals surface area contributed by atoms with Gasteiger partial charge in [0.05, 0.1) is 13.2 Å². The number of benzene rings is 1. The minimum Gasteiger partial charge on any atom is -0.497 e. The summed E-state index contributed by atoms with van der Waals surface area (Å²) >= 11 is 0. The molecule has 1 aromatic carbocycles. The molecule has 106 valence electrons. The Morgan fingerprint density at radius 1 is 1.26 bits per heavy atom. The smallest absolute Gasteiger partial charge is 0.119 e. The molecule has 0 radical (unpaired) electrons. The maximum atomic E-state index is 10.8. The van der Waals surface area contributed by atoms with Crippen molar-refractivity contribution in [1.82, 2.24) is 4.90 Å². The summed E-state index contributed by atoms with van der Waals surface area (Å²) in [7, 11) is 1.67. The Labute approximate surface area is 116 Å². The van der Waals surface area contributed by atoms with E-state index in [1.54, 1.807) is 7.11 Å². The van der Waals surface area contributed by atoms with E-state index in [1.165, 1.54) is 12.8 Å². The van der Waals surface area contributed by atoms with Crippen molar-refractivity contribution in [2.45, 2.75) is 45.3 Å². The Bertz CT molecular complexity index is 436. The predicted octanol–water partition coefficient (Wildman–Crippen LogP) is 2.91. The lowest BCUT2D eigenvalue weighted by Gasteiger charge is -2.40. The zero-order valence-electron chi connectivity index (χ0n) is 12.4. The molecule has 1 unspecified atom stereocenters. The summed E-state index contributed by atoms with van der Waals surface area (Å²) in [5, 5.41) is 10.8. The van der Waals surface area contributed by atoms with Crippen LogP contribution in [0.15, 0.2) is 18.2 Å². The van der Waals surface area contributed by atoms with Gasteiger partial charge in [-0.15, -0.1) is 0 Å². The molecule has 1 aliphatic rings. The number of ether oxygens (including phenoxy) is 1. The zero-order chi connectivity index (χ0) is 14.0. The Kier molecular flexibility index (Phi) is 4.16. The highest BCUT2D eigenvalue weighted by molar-refractivity contribution is 5.37. The van der Waals surface area contributed by atoms with Crippen LogP contribution in [-0.4, -0.2) is 35.7 Å². The van der Waals surface area contributed by atoms with Gasteiger partial charge >= 0.3 is 0 Å². The molecule has 1 aliphatic heterocycles. The van der Waals surface area contributed by atoms with Gasteiger partial charge in [0.25, 0.3) is 0 Å². The predicted molar refractivity (Wildman–Crippen MR) is 77.6 cm³/mol. The molecule has 1 heterocycles. The number of aliphatic hydroxyl groups excluding tert-OH is 1. The number of methoxy groups -OCH3 is 1. The van der Waals surface area contributed by atoms with Crippen molar-refractivity contribution in [2.24, 2.45) is 0 Å². The first-order valence-corrected chi connectivity index (χ1v) is 7.04. The molecule has 0 aromatic heterocycles. The van der Waals surface area contributed by atoms with Crippen LogP contribution in [0.25, 0.3) is 0 Å². The third kappa shape index (κ3) is 2.77. The SMILES string of the molecule is COc1ccc(C(O)C(C)(C)N2CCCC2)c(C)c1. The van der Waals surface area contributed by atoms with Gasteiger partial charge in [0.1, 0.15) is 5.75 Å². The summed E-state index contributed by atoms with van der Waals surface area (Å²) in [6.45, 7) is 8.46. The maximum absolute atomic E-state index is 10.8. The van der Waals surface area contributed by atoms with Gasteiger partial charge in [0.15, 0.2) is 0 Å². The molecule has 0 spiro atoms. The fourth-order valence-corrected chi connectivity index (χ4v) is 2.93. The highest BCUT2D eigenvalue weighted by Crippen LogP contribution is 2.35. The van der Waals surface area contributed by atoms with E-state index in [0.29, 0.717) is 0 Å². The van der Waals surface area contributed by atoms with Crippen molar-refractivity contribution in [3.8, 4) is 5.75 Å². The van der Waals surface area contributed by atoms with Crippen LogP contribution in [-0.2, 0) is 0 Å². The van der Waals surface area contributed by atoms with Gasteiger partial charge in [-0.3, -0.25) is 4.90 Å². The molecule has 2 rings (SSSR count). The van der Waals surface area contributed by atoms with Gasteiger partial charge in [0, 0.05) is 5.54 Å². The molecule has 3 heteroatoms. The van der Waals surface area contributed by atoms with E-state index in [1.807, 2.05) is 25.1 Å². The largest absolute Gasteiger partial charge is 0.497 e.